The van der Waals surface area contributed by atoms with Crippen molar-refractivity contribution in [3.63, 3.8) is 0 Å². The summed E-state index contributed by atoms with van der Waals surface area (Å²) < 4.78 is 5.09. The van der Waals surface area contributed by atoms with Gasteiger partial charge >= 0.3 is 0 Å². The number of fused-ring (bicyclic) bond motifs is 7. The fourth-order valence-electron chi connectivity index (χ4n) is 9.82. The zero-order chi connectivity index (χ0) is 41.2. The fourth-order valence-corrected chi connectivity index (χ4v) is 11.0. The SMILES string of the molecule is CC(c1ccc(-c2ccccc2)cc1)(c1ccc(-c2cc(-n3c4ccccc4c4ccc(-c5ccccc5)cc43)cc3c2sc2ccccc23)cc1)c1ccc2ccccc2c1. The Morgan fingerprint density at radius 2 is 0.903 bits per heavy atom. The highest BCUT2D eigenvalue weighted by Crippen LogP contribution is 2.46. The number of nitrogens with zero attached hydrogens (tertiary/aromatic N) is 1. The van der Waals surface area contributed by atoms with Crippen LogP contribution in [0.25, 0.3) is 91.8 Å². The van der Waals surface area contributed by atoms with Gasteiger partial charge in [0.15, 0.2) is 0 Å². The van der Waals surface area contributed by atoms with E-state index in [4.69, 9.17) is 0 Å². The van der Waals surface area contributed by atoms with Crippen molar-refractivity contribution in [1.29, 1.82) is 0 Å². The third kappa shape index (κ3) is 5.90. The molecule has 10 aromatic carbocycles. The number of para-hydroxylation sites is 1. The van der Waals surface area contributed by atoms with Crippen LogP contribution in [0.5, 0.6) is 0 Å². The molecule has 1 unspecified atom stereocenters. The van der Waals surface area contributed by atoms with Gasteiger partial charge in [0.25, 0.3) is 0 Å². The average Bonchev–Trinajstić information content (AvgIpc) is 3.89. The molecule has 0 saturated heterocycles. The van der Waals surface area contributed by atoms with E-state index in [1.165, 1.54) is 103 Å². The number of hydrogen-bond acceptors (Lipinski definition) is 1. The quantitative estimate of drug-likeness (QED) is 0.141. The van der Waals surface area contributed by atoms with E-state index in [0.29, 0.717) is 0 Å². The van der Waals surface area contributed by atoms with Gasteiger partial charge < -0.3 is 4.57 Å². The van der Waals surface area contributed by atoms with Crippen molar-refractivity contribution < 1.29 is 0 Å². The molecule has 0 aliphatic carbocycles. The molecular formula is C60H41NS. The van der Waals surface area contributed by atoms with Gasteiger partial charge in [0.05, 0.1) is 11.0 Å². The van der Waals surface area contributed by atoms with Crippen molar-refractivity contribution in [3.8, 4) is 39.1 Å². The highest BCUT2D eigenvalue weighted by atomic mass is 32.1. The predicted molar refractivity (Wildman–Crippen MR) is 266 cm³/mol. The van der Waals surface area contributed by atoms with Gasteiger partial charge in [-0.3, -0.25) is 0 Å². The summed E-state index contributed by atoms with van der Waals surface area (Å²) in [6.07, 6.45) is 0. The molecule has 0 saturated carbocycles. The normalized spacial score (nSPS) is 12.7. The van der Waals surface area contributed by atoms with E-state index in [9.17, 15) is 0 Å². The van der Waals surface area contributed by atoms with Crippen molar-refractivity contribution in [3.05, 3.63) is 247 Å². The Kier molecular flexibility index (Phi) is 8.55. The Bertz CT molecular complexity index is 3610. The van der Waals surface area contributed by atoms with Crippen LogP contribution in [0.3, 0.4) is 0 Å². The van der Waals surface area contributed by atoms with Gasteiger partial charge in [-0.15, -0.1) is 11.3 Å². The molecule has 2 heterocycles. The van der Waals surface area contributed by atoms with Gasteiger partial charge in [-0.25, -0.2) is 0 Å². The minimum absolute atomic E-state index is 0.411. The molecule has 0 radical (unpaired) electrons. The fraction of sp³-hybridized carbons (Fsp3) is 0.0333. The molecule has 1 nitrogen and oxygen atoms in total. The minimum atomic E-state index is -0.411. The molecule has 2 aromatic heterocycles. The van der Waals surface area contributed by atoms with Crippen molar-refractivity contribution in [2.75, 3.05) is 0 Å². The van der Waals surface area contributed by atoms with E-state index >= 15 is 0 Å². The van der Waals surface area contributed by atoms with Gasteiger partial charge in [-0.1, -0.05) is 194 Å². The first-order valence-corrected chi connectivity index (χ1v) is 22.2. The second-order valence-corrected chi connectivity index (χ2v) is 17.7. The van der Waals surface area contributed by atoms with E-state index in [2.05, 4.69) is 242 Å². The Hall–Kier alpha value is -7.52. The molecule has 1 atom stereocenters. The van der Waals surface area contributed by atoms with E-state index in [1.807, 2.05) is 11.3 Å². The maximum Gasteiger partial charge on any atom is 0.0547 e. The smallest absolute Gasteiger partial charge is 0.0547 e. The molecule has 0 bridgehead atoms. The first-order valence-electron chi connectivity index (χ1n) is 21.4. The summed E-state index contributed by atoms with van der Waals surface area (Å²) in [7, 11) is 0. The average molecular weight is 808 g/mol. The van der Waals surface area contributed by atoms with Gasteiger partial charge in [-0.2, -0.15) is 0 Å². The molecular weight excluding hydrogens is 767 g/mol. The Morgan fingerprint density at radius 1 is 0.355 bits per heavy atom. The topological polar surface area (TPSA) is 4.93 Å². The lowest BCUT2D eigenvalue weighted by Crippen LogP contribution is -2.25. The predicted octanol–water partition coefficient (Wildman–Crippen LogP) is 16.7. The summed E-state index contributed by atoms with van der Waals surface area (Å²) in [5.41, 5.74) is 14.3. The number of hydrogen-bond donors (Lipinski definition) is 0. The molecule has 12 aromatic rings. The maximum absolute atomic E-state index is 2.48. The second-order valence-electron chi connectivity index (χ2n) is 16.6. The molecule has 292 valence electrons. The molecule has 62 heavy (non-hydrogen) atoms. The largest absolute Gasteiger partial charge is 0.309 e. The molecule has 0 aliphatic rings. The molecule has 0 aliphatic heterocycles. The van der Waals surface area contributed by atoms with Crippen LogP contribution < -0.4 is 0 Å². The third-order valence-corrected chi connectivity index (χ3v) is 14.4. The second kappa shape index (κ2) is 14.6. The number of aromatic nitrogens is 1. The zero-order valence-corrected chi connectivity index (χ0v) is 35.1. The van der Waals surface area contributed by atoms with E-state index in [0.717, 1.165) is 5.69 Å². The summed E-state index contributed by atoms with van der Waals surface area (Å²) in [5, 5.41) is 7.59. The number of thiophene rings is 1. The highest BCUT2D eigenvalue weighted by molar-refractivity contribution is 7.26. The Balaban J connectivity index is 1.05. The summed E-state index contributed by atoms with van der Waals surface area (Å²) in [6.45, 7) is 2.39. The number of benzene rings is 10. The summed E-state index contributed by atoms with van der Waals surface area (Å²) in [4.78, 5) is 0. The molecule has 0 amide bonds. The lowest BCUT2D eigenvalue weighted by molar-refractivity contribution is 0.694. The molecule has 0 N–H and O–H groups in total. The van der Waals surface area contributed by atoms with Crippen LogP contribution in [-0.4, -0.2) is 4.57 Å². The molecule has 2 heteroatoms. The standard InChI is InChI=1S/C60H41NS/c1-60(49-34-26-42-18-8-9-19-45(42)36-49,47-30-24-43(25-31-47)40-14-4-2-5-15-40)48-32-27-44(28-33-48)54-38-50(39-55-53-21-11-13-23-58(53)62-59(54)55)61-56-22-12-10-20-51(56)52-35-29-46(37-57(52)61)41-16-6-3-7-17-41/h2-39H,1H3. The minimum Gasteiger partial charge on any atom is -0.309 e. The first-order chi connectivity index (χ1) is 30.6. The molecule has 0 spiro atoms. The van der Waals surface area contributed by atoms with Crippen molar-refractivity contribution in [1.82, 2.24) is 4.57 Å². The van der Waals surface area contributed by atoms with Crippen LogP contribution >= 0.6 is 11.3 Å². The van der Waals surface area contributed by atoms with Gasteiger partial charge in [-0.05, 0) is 98.6 Å². The zero-order valence-electron chi connectivity index (χ0n) is 34.3. The lowest BCUT2D eigenvalue weighted by Gasteiger charge is -2.32. The summed E-state index contributed by atoms with van der Waals surface area (Å²) >= 11 is 1.89. The lowest BCUT2D eigenvalue weighted by atomic mass is 9.70. The Morgan fingerprint density at radius 3 is 1.65 bits per heavy atom. The highest BCUT2D eigenvalue weighted by Gasteiger charge is 2.32. The van der Waals surface area contributed by atoms with Crippen LogP contribution in [0.15, 0.2) is 231 Å². The molecule has 0 fully saturated rings. The van der Waals surface area contributed by atoms with Crippen LogP contribution in [0, 0.1) is 0 Å². The van der Waals surface area contributed by atoms with Crippen LogP contribution in [0.4, 0.5) is 0 Å². The van der Waals surface area contributed by atoms with Gasteiger partial charge in [0, 0.05) is 47.6 Å². The van der Waals surface area contributed by atoms with Crippen LogP contribution in [0.1, 0.15) is 23.6 Å². The summed E-state index contributed by atoms with van der Waals surface area (Å²) in [6, 6.07) is 85.2. The maximum atomic E-state index is 2.48. The monoisotopic (exact) mass is 807 g/mol. The van der Waals surface area contributed by atoms with E-state index < -0.39 is 5.41 Å². The van der Waals surface area contributed by atoms with Gasteiger partial charge in [0.1, 0.15) is 0 Å². The third-order valence-electron chi connectivity index (χ3n) is 13.2. The van der Waals surface area contributed by atoms with E-state index in [-0.39, 0.29) is 0 Å². The van der Waals surface area contributed by atoms with Gasteiger partial charge in [0.2, 0.25) is 0 Å². The first kappa shape index (κ1) is 36.3. The van der Waals surface area contributed by atoms with Crippen LogP contribution in [0.2, 0.25) is 0 Å². The van der Waals surface area contributed by atoms with Crippen molar-refractivity contribution >= 4 is 64.1 Å². The summed E-state index contributed by atoms with van der Waals surface area (Å²) in [5.74, 6) is 0. The number of rotatable bonds is 7. The van der Waals surface area contributed by atoms with E-state index in [1.54, 1.807) is 0 Å². The van der Waals surface area contributed by atoms with Crippen molar-refractivity contribution in [2.45, 2.75) is 12.3 Å². The van der Waals surface area contributed by atoms with Crippen LogP contribution in [-0.2, 0) is 5.41 Å². The Labute approximate surface area is 365 Å². The van der Waals surface area contributed by atoms with Crippen molar-refractivity contribution in [2.24, 2.45) is 0 Å². The molecule has 12 rings (SSSR count).